The highest BCUT2D eigenvalue weighted by molar-refractivity contribution is 6.30. The maximum absolute atomic E-state index is 12.7. The summed E-state index contributed by atoms with van der Waals surface area (Å²) in [5, 5.41) is 3.98. The molecule has 28 heavy (non-hydrogen) atoms. The summed E-state index contributed by atoms with van der Waals surface area (Å²) < 4.78 is 5.78. The second kappa shape index (κ2) is 10.5. The molecule has 0 spiro atoms. The topological polar surface area (TPSA) is 41.6 Å². The van der Waals surface area contributed by atoms with Gasteiger partial charge in [0.15, 0.2) is 0 Å². The summed E-state index contributed by atoms with van der Waals surface area (Å²) >= 11 is 5.89. The van der Waals surface area contributed by atoms with E-state index in [2.05, 4.69) is 17.1 Å². The van der Waals surface area contributed by atoms with Gasteiger partial charge < -0.3 is 10.1 Å². The summed E-state index contributed by atoms with van der Waals surface area (Å²) in [5.41, 5.74) is 1.10. The number of piperidine rings is 1. The van der Waals surface area contributed by atoms with Crippen molar-refractivity contribution in [1.29, 1.82) is 0 Å². The van der Waals surface area contributed by atoms with Crippen molar-refractivity contribution < 1.29 is 9.53 Å². The first-order valence-corrected chi connectivity index (χ1v) is 10.5. The van der Waals surface area contributed by atoms with Crippen LogP contribution in [-0.2, 0) is 4.79 Å². The Morgan fingerprint density at radius 1 is 1.14 bits per heavy atom. The van der Waals surface area contributed by atoms with Crippen LogP contribution in [0.25, 0.3) is 0 Å². The van der Waals surface area contributed by atoms with Crippen molar-refractivity contribution >= 4 is 17.5 Å². The molecule has 4 nitrogen and oxygen atoms in total. The molecule has 0 radical (unpaired) electrons. The lowest BCUT2D eigenvalue weighted by molar-refractivity contribution is -0.123. The van der Waals surface area contributed by atoms with Crippen LogP contribution in [0, 0.1) is 0 Å². The van der Waals surface area contributed by atoms with Crippen LogP contribution < -0.4 is 10.1 Å². The minimum atomic E-state index is -0.0630. The molecule has 1 aliphatic heterocycles. The summed E-state index contributed by atoms with van der Waals surface area (Å²) in [6.07, 6.45) is 2.78. The van der Waals surface area contributed by atoms with Gasteiger partial charge in [0.05, 0.1) is 5.92 Å². The molecule has 0 aromatic heterocycles. The van der Waals surface area contributed by atoms with Gasteiger partial charge >= 0.3 is 0 Å². The van der Waals surface area contributed by atoms with E-state index in [0.717, 1.165) is 50.2 Å². The second-order valence-electron chi connectivity index (χ2n) is 7.30. The number of halogens is 1. The number of carbonyl (C=O) groups excluding carboxylic acids is 1. The Kier molecular flexibility index (Phi) is 7.75. The van der Waals surface area contributed by atoms with Crippen molar-refractivity contribution in [2.45, 2.75) is 38.1 Å². The van der Waals surface area contributed by atoms with Crippen LogP contribution in [0.15, 0.2) is 54.6 Å². The molecule has 1 aliphatic rings. The molecule has 1 saturated heterocycles. The third-order valence-electron chi connectivity index (χ3n) is 5.35. The van der Waals surface area contributed by atoms with Crippen LogP contribution >= 0.6 is 11.6 Å². The number of ether oxygens (including phenoxy) is 1. The van der Waals surface area contributed by atoms with Gasteiger partial charge in [0.2, 0.25) is 5.91 Å². The van der Waals surface area contributed by atoms with E-state index in [1.165, 1.54) is 0 Å². The molecule has 1 unspecified atom stereocenters. The molecular formula is C23H29ClN2O2. The molecule has 1 N–H and O–H groups in total. The lowest BCUT2D eigenvalue weighted by Crippen LogP contribution is -2.46. The van der Waals surface area contributed by atoms with Crippen LogP contribution in [-0.4, -0.2) is 43.1 Å². The fourth-order valence-electron chi connectivity index (χ4n) is 3.68. The smallest absolute Gasteiger partial charge is 0.227 e. The number of hydrogen-bond acceptors (Lipinski definition) is 3. The van der Waals surface area contributed by atoms with Crippen LogP contribution in [0.5, 0.6) is 5.75 Å². The van der Waals surface area contributed by atoms with E-state index in [0.29, 0.717) is 11.6 Å². The molecule has 2 aromatic carbocycles. The number of hydrogen-bond donors (Lipinski definition) is 1. The lowest BCUT2D eigenvalue weighted by Gasteiger charge is -2.33. The normalized spacial score (nSPS) is 16.5. The Bertz CT molecular complexity index is 728. The first-order chi connectivity index (χ1) is 13.7. The molecule has 3 rings (SSSR count). The monoisotopic (exact) mass is 400 g/mol. The zero-order valence-corrected chi connectivity index (χ0v) is 17.2. The Labute approximate surface area is 172 Å². The van der Waals surface area contributed by atoms with E-state index >= 15 is 0 Å². The average Bonchev–Trinajstić information content (AvgIpc) is 2.72. The Balaban J connectivity index is 1.38. The number of benzene rings is 2. The summed E-state index contributed by atoms with van der Waals surface area (Å²) in [6, 6.07) is 17.8. The molecule has 2 aromatic rings. The number of nitrogens with one attached hydrogen (secondary N) is 1. The molecule has 1 fully saturated rings. The van der Waals surface area contributed by atoms with Crippen molar-refractivity contribution in [3.8, 4) is 5.75 Å². The van der Waals surface area contributed by atoms with Crippen molar-refractivity contribution in [2.75, 3.05) is 26.2 Å². The molecular weight excluding hydrogens is 372 g/mol. The van der Waals surface area contributed by atoms with E-state index in [9.17, 15) is 4.79 Å². The molecule has 0 saturated carbocycles. The number of carbonyl (C=O) groups is 1. The van der Waals surface area contributed by atoms with Gasteiger partial charge in [-0.25, -0.2) is 0 Å². The third-order valence-corrected chi connectivity index (χ3v) is 5.60. The standard InChI is InChI=1S/C23H29ClN2O2/c1-2-22(18-6-4-3-5-7-18)23(27)25-20-12-14-26(15-13-20)16-17-28-21-10-8-19(24)9-11-21/h3-11,20,22H,2,12-17H2,1H3,(H,25,27). The fraction of sp³-hybridized carbons (Fsp3) is 0.435. The lowest BCUT2D eigenvalue weighted by atomic mass is 9.94. The number of amides is 1. The first kappa shape index (κ1) is 20.7. The maximum atomic E-state index is 12.7. The van der Waals surface area contributed by atoms with Crippen LogP contribution in [0.3, 0.4) is 0 Å². The van der Waals surface area contributed by atoms with Crippen molar-refractivity contribution in [2.24, 2.45) is 0 Å². The van der Waals surface area contributed by atoms with Gasteiger partial charge in [0.1, 0.15) is 12.4 Å². The predicted molar refractivity (Wildman–Crippen MR) is 114 cm³/mol. The van der Waals surface area contributed by atoms with Gasteiger partial charge in [-0.15, -0.1) is 0 Å². The van der Waals surface area contributed by atoms with Crippen molar-refractivity contribution in [3.05, 3.63) is 65.2 Å². The van der Waals surface area contributed by atoms with Crippen molar-refractivity contribution in [1.82, 2.24) is 10.2 Å². The van der Waals surface area contributed by atoms with Gasteiger partial charge in [-0.3, -0.25) is 9.69 Å². The Hall–Kier alpha value is -2.04. The molecule has 1 amide bonds. The summed E-state index contributed by atoms with van der Waals surface area (Å²) in [6.45, 7) is 5.59. The molecule has 0 aliphatic carbocycles. The fourth-order valence-corrected chi connectivity index (χ4v) is 3.81. The van der Waals surface area contributed by atoms with E-state index in [4.69, 9.17) is 16.3 Å². The average molecular weight is 401 g/mol. The molecule has 1 atom stereocenters. The minimum absolute atomic E-state index is 0.0630. The maximum Gasteiger partial charge on any atom is 0.227 e. The van der Waals surface area contributed by atoms with Crippen LogP contribution in [0.1, 0.15) is 37.7 Å². The summed E-state index contributed by atoms with van der Waals surface area (Å²) in [7, 11) is 0. The molecule has 0 bridgehead atoms. The predicted octanol–water partition coefficient (Wildman–Crippen LogP) is 4.49. The number of nitrogens with zero attached hydrogens (tertiary/aromatic N) is 1. The Morgan fingerprint density at radius 3 is 2.46 bits per heavy atom. The molecule has 5 heteroatoms. The van der Waals surface area contributed by atoms with E-state index < -0.39 is 0 Å². The van der Waals surface area contributed by atoms with E-state index in [1.807, 2.05) is 54.6 Å². The van der Waals surface area contributed by atoms with Gasteiger partial charge in [-0.05, 0) is 49.1 Å². The largest absolute Gasteiger partial charge is 0.492 e. The quantitative estimate of drug-likeness (QED) is 0.709. The van der Waals surface area contributed by atoms with Gasteiger partial charge in [0, 0.05) is 30.7 Å². The van der Waals surface area contributed by atoms with Gasteiger partial charge in [-0.1, -0.05) is 48.9 Å². The van der Waals surface area contributed by atoms with Crippen molar-refractivity contribution in [3.63, 3.8) is 0 Å². The van der Waals surface area contributed by atoms with E-state index in [1.54, 1.807) is 0 Å². The zero-order chi connectivity index (χ0) is 19.8. The minimum Gasteiger partial charge on any atom is -0.492 e. The highest BCUT2D eigenvalue weighted by atomic mass is 35.5. The van der Waals surface area contributed by atoms with E-state index in [-0.39, 0.29) is 17.9 Å². The zero-order valence-electron chi connectivity index (χ0n) is 16.4. The van der Waals surface area contributed by atoms with Crippen LogP contribution in [0.2, 0.25) is 5.02 Å². The molecule has 1 heterocycles. The SMILES string of the molecule is CCC(C(=O)NC1CCN(CCOc2ccc(Cl)cc2)CC1)c1ccccc1. The number of likely N-dealkylation sites (tertiary alicyclic amines) is 1. The first-order valence-electron chi connectivity index (χ1n) is 10.1. The second-order valence-corrected chi connectivity index (χ2v) is 7.73. The summed E-state index contributed by atoms with van der Waals surface area (Å²) in [5.74, 6) is 0.934. The highest BCUT2D eigenvalue weighted by Crippen LogP contribution is 2.21. The van der Waals surface area contributed by atoms with Gasteiger partial charge in [0.25, 0.3) is 0 Å². The highest BCUT2D eigenvalue weighted by Gasteiger charge is 2.24. The molecule has 150 valence electrons. The van der Waals surface area contributed by atoms with Gasteiger partial charge in [-0.2, -0.15) is 0 Å². The number of rotatable bonds is 8. The summed E-state index contributed by atoms with van der Waals surface area (Å²) in [4.78, 5) is 15.1. The van der Waals surface area contributed by atoms with Crippen LogP contribution in [0.4, 0.5) is 0 Å². The third kappa shape index (κ3) is 5.98. The Morgan fingerprint density at radius 2 is 1.82 bits per heavy atom.